The second kappa shape index (κ2) is 9.10. The molecule has 0 atom stereocenters. The molecule has 2 aromatic carbocycles. The van der Waals surface area contributed by atoms with E-state index in [-0.39, 0.29) is 11.7 Å². The van der Waals surface area contributed by atoms with Gasteiger partial charge in [-0.05, 0) is 65.3 Å². The number of benzene rings is 2. The average Bonchev–Trinajstić information content (AvgIpc) is 3.06. The predicted molar refractivity (Wildman–Crippen MR) is 115 cm³/mol. The minimum absolute atomic E-state index is 0.132. The number of rotatable bonds is 6. The van der Waals surface area contributed by atoms with E-state index >= 15 is 0 Å². The van der Waals surface area contributed by atoms with Crippen LogP contribution in [0.2, 0.25) is 10.0 Å². The molecule has 5 nitrogen and oxygen atoms in total. The molecule has 1 heterocycles. The van der Waals surface area contributed by atoms with Crippen molar-refractivity contribution in [1.29, 1.82) is 0 Å². The fraction of sp³-hybridized carbons (Fsp3) is 0.167. The van der Waals surface area contributed by atoms with Gasteiger partial charge in [0, 0.05) is 27.3 Å². The molecule has 27 heavy (non-hydrogen) atoms. The summed E-state index contributed by atoms with van der Waals surface area (Å²) in [6, 6.07) is 12.7. The summed E-state index contributed by atoms with van der Waals surface area (Å²) in [5.41, 5.74) is 1.60. The van der Waals surface area contributed by atoms with Crippen LogP contribution in [0.4, 0.5) is 5.69 Å². The van der Waals surface area contributed by atoms with Crippen LogP contribution in [0, 0.1) is 0 Å². The van der Waals surface area contributed by atoms with E-state index in [1.807, 2.05) is 35.8 Å². The SMILES string of the molecule is CCn1c(SCC(=O)Nc2ccc(Cl)c(Br)c2)nnc1-c1ccc(Cl)cc1. The second-order valence-electron chi connectivity index (χ2n) is 5.52. The summed E-state index contributed by atoms with van der Waals surface area (Å²) in [6.45, 7) is 2.71. The van der Waals surface area contributed by atoms with Crippen LogP contribution in [0.3, 0.4) is 0 Å². The molecule has 9 heteroatoms. The molecule has 3 rings (SSSR count). The van der Waals surface area contributed by atoms with Crippen molar-refractivity contribution in [2.24, 2.45) is 0 Å². The van der Waals surface area contributed by atoms with E-state index in [2.05, 4.69) is 31.4 Å². The highest BCUT2D eigenvalue weighted by molar-refractivity contribution is 9.10. The van der Waals surface area contributed by atoms with Crippen molar-refractivity contribution in [3.05, 3.63) is 57.0 Å². The molecule has 0 aliphatic heterocycles. The Kier molecular flexibility index (Phi) is 6.81. The van der Waals surface area contributed by atoms with Crippen LogP contribution >= 0.6 is 50.9 Å². The number of amides is 1. The summed E-state index contributed by atoms with van der Waals surface area (Å²) in [7, 11) is 0. The van der Waals surface area contributed by atoms with Crippen molar-refractivity contribution in [3.63, 3.8) is 0 Å². The summed E-state index contributed by atoms with van der Waals surface area (Å²) in [5.74, 6) is 0.838. The minimum atomic E-state index is -0.132. The van der Waals surface area contributed by atoms with Gasteiger partial charge in [-0.15, -0.1) is 10.2 Å². The normalized spacial score (nSPS) is 10.8. The Morgan fingerprint density at radius 3 is 2.59 bits per heavy atom. The summed E-state index contributed by atoms with van der Waals surface area (Å²) in [5, 5.41) is 13.3. The van der Waals surface area contributed by atoms with Crippen molar-refractivity contribution >= 4 is 62.5 Å². The first-order valence-electron chi connectivity index (χ1n) is 8.04. The third-order valence-electron chi connectivity index (χ3n) is 3.67. The van der Waals surface area contributed by atoms with Gasteiger partial charge in [0.2, 0.25) is 5.91 Å². The topological polar surface area (TPSA) is 59.8 Å². The Morgan fingerprint density at radius 1 is 1.19 bits per heavy atom. The van der Waals surface area contributed by atoms with Crippen molar-refractivity contribution in [2.75, 3.05) is 11.1 Å². The highest BCUT2D eigenvalue weighted by atomic mass is 79.9. The summed E-state index contributed by atoms with van der Waals surface area (Å²) in [4.78, 5) is 12.2. The Hall–Kier alpha value is -1.54. The number of aromatic nitrogens is 3. The maximum Gasteiger partial charge on any atom is 0.234 e. The molecule has 1 N–H and O–H groups in total. The van der Waals surface area contributed by atoms with Crippen molar-refractivity contribution in [2.45, 2.75) is 18.6 Å². The van der Waals surface area contributed by atoms with Gasteiger partial charge < -0.3 is 9.88 Å². The molecular formula is C18H15BrCl2N4OS. The van der Waals surface area contributed by atoms with Crippen molar-refractivity contribution in [1.82, 2.24) is 14.8 Å². The molecular weight excluding hydrogens is 471 g/mol. The van der Waals surface area contributed by atoms with Gasteiger partial charge in [0.1, 0.15) is 0 Å². The lowest BCUT2D eigenvalue weighted by Crippen LogP contribution is -2.14. The maximum atomic E-state index is 12.2. The van der Waals surface area contributed by atoms with Gasteiger partial charge in [0.05, 0.1) is 10.8 Å². The van der Waals surface area contributed by atoms with E-state index in [0.717, 1.165) is 15.9 Å². The van der Waals surface area contributed by atoms with Gasteiger partial charge in [-0.1, -0.05) is 35.0 Å². The zero-order valence-electron chi connectivity index (χ0n) is 14.2. The highest BCUT2D eigenvalue weighted by Crippen LogP contribution is 2.27. The molecule has 0 saturated carbocycles. The molecule has 140 valence electrons. The van der Waals surface area contributed by atoms with E-state index < -0.39 is 0 Å². The Bertz CT molecular complexity index is 962. The Balaban J connectivity index is 1.68. The molecule has 0 aliphatic carbocycles. The standard InChI is InChI=1S/C18H15BrCl2N4OS/c1-2-25-17(11-3-5-12(20)6-4-11)23-24-18(25)27-10-16(26)22-13-7-8-15(21)14(19)9-13/h3-9H,2,10H2,1H3,(H,22,26). The lowest BCUT2D eigenvalue weighted by atomic mass is 10.2. The fourth-order valence-corrected chi connectivity index (χ4v) is 3.82. The number of halogens is 3. The number of nitrogens with one attached hydrogen (secondary N) is 1. The molecule has 0 spiro atoms. The number of carbonyl (C=O) groups is 1. The van der Waals surface area contributed by atoms with Crippen LogP contribution in [0.25, 0.3) is 11.4 Å². The number of nitrogens with zero attached hydrogens (tertiary/aromatic N) is 3. The summed E-state index contributed by atoms with van der Waals surface area (Å²) >= 11 is 16.6. The summed E-state index contributed by atoms with van der Waals surface area (Å²) in [6.07, 6.45) is 0. The Morgan fingerprint density at radius 2 is 1.93 bits per heavy atom. The van der Waals surface area contributed by atoms with Crippen LogP contribution in [-0.2, 0) is 11.3 Å². The third kappa shape index (κ3) is 5.04. The van der Waals surface area contributed by atoms with Gasteiger partial charge in [0.25, 0.3) is 0 Å². The molecule has 0 fully saturated rings. The van der Waals surface area contributed by atoms with Gasteiger partial charge in [-0.25, -0.2) is 0 Å². The van der Waals surface area contributed by atoms with E-state index in [4.69, 9.17) is 23.2 Å². The van der Waals surface area contributed by atoms with Crippen LogP contribution < -0.4 is 5.32 Å². The van der Waals surface area contributed by atoms with E-state index in [0.29, 0.717) is 27.4 Å². The van der Waals surface area contributed by atoms with Crippen LogP contribution in [0.5, 0.6) is 0 Å². The van der Waals surface area contributed by atoms with Gasteiger partial charge in [-0.2, -0.15) is 0 Å². The first kappa shape index (κ1) is 20.2. The molecule has 0 radical (unpaired) electrons. The smallest absolute Gasteiger partial charge is 0.234 e. The zero-order valence-corrected chi connectivity index (χ0v) is 18.2. The Labute approximate surface area is 179 Å². The van der Waals surface area contributed by atoms with Gasteiger partial charge in [-0.3, -0.25) is 4.79 Å². The quantitative estimate of drug-likeness (QED) is 0.450. The minimum Gasteiger partial charge on any atom is -0.325 e. The first-order chi connectivity index (χ1) is 13.0. The van der Waals surface area contributed by atoms with Crippen LogP contribution in [0.15, 0.2) is 52.1 Å². The molecule has 3 aromatic rings. The molecule has 1 amide bonds. The number of thioether (sulfide) groups is 1. The van der Waals surface area contributed by atoms with E-state index in [1.165, 1.54) is 11.8 Å². The lowest BCUT2D eigenvalue weighted by Gasteiger charge is -2.08. The molecule has 1 aromatic heterocycles. The predicted octanol–water partition coefficient (Wildman–Crippen LogP) is 5.77. The van der Waals surface area contributed by atoms with Crippen molar-refractivity contribution in [3.8, 4) is 11.4 Å². The molecule has 0 aliphatic rings. The number of hydrogen-bond acceptors (Lipinski definition) is 4. The van der Waals surface area contributed by atoms with Gasteiger partial charge in [0.15, 0.2) is 11.0 Å². The molecule has 0 saturated heterocycles. The zero-order chi connectivity index (χ0) is 19.4. The number of carbonyl (C=O) groups excluding carboxylic acids is 1. The van der Waals surface area contributed by atoms with Crippen molar-refractivity contribution < 1.29 is 4.79 Å². The second-order valence-corrected chi connectivity index (χ2v) is 8.16. The average molecular weight is 486 g/mol. The highest BCUT2D eigenvalue weighted by Gasteiger charge is 2.15. The first-order valence-corrected chi connectivity index (χ1v) is 10.6. The molecule has 0 unspecified atom stereocenters. The van der Waals surface area contributed by atoms with Crippen LogP contribution in [-0.4, -0.2) is 26.4 Å². The lowest BCUT2D eigenvalue weighted by molar-refractivity contribution is -0.113. The number of hydrogen-bond donors (Lipinski definition) is 1. The fourth-order valence-electron chi connectivity index (χ4n) is 2.39. The van der Waals surface area contributed by atoms with Crippen LogP contribution in [0.1, 0.15) is 6.92 Å². The summed E-state index contributed by atoms with van der Waals surface area (Å²) < 4.78 is 2.70. The monoisotopic (exact) mass is 484 g/mol. The molecule has 0 bridgehead atoms. The van der Waals surface area contributed by atoms with E-state index in [9.17, 15) is 4.79 Å². The van der Waals surface area contributed by atoms with Gasteiger partial charge >= 0.3 is 0 Å². The maximum absolute atomic E-state index is 12.2. The number of anilines is 1. The third-order valence-corrected chi connectivity index (χ3v) is 6.10. The largest absolute Gasteiger partial charge is 0.325 e. The van der Waals surface area contributed by atoms with E-state index in [1.54, 1.807) is 18.2 Å².